The van der Waals surface area contributed by atoms with Crippen molar-refractivity contribution in [1.29, 1.82) is 0 Å². The summed E-state index contributed by atoms with van der Waals surface area (Å²) in [6, 6.07) is 0. The molecular formula is C10H17N3O2S2. The Labute approximate surface area is 106 Å². The van der Waals surface area contributed by atoms with Gasteiger partial charge in [0.2, 0.25) is 0 Å². The van der Waals surface area contributed by atoms with Crippen LogP contribution in [-0.4, -0.2) is 30.8 Å². The number of aryl methyl sites for hydroxylation is 1. The van der Waals surface area contributed by atoms with Gasteiger partial charge in [-0.3, -0.25) is 0 Å². The minimum Gasteiger partial charge on any atom is -0.375 e. The van der Waals surface area contributed by atoms with Gasteiger partial charge in [-0.1, -0.05) is 25.2 Å². The highest BCUT2D eigenvalue weighted by Crippen LogP contribution is 2.35. The van der Waals surface area contributed by atoms with Crippen molar-refractivity contribution < 1.29 is 8.42 Å². The first-order valence-corrected chi connectivity index (χ1v) is 7.71. The number of nitrogens with zero attached hydrogens (tertiary/aromatic N) is 2. The van der Waals surface area contributed by atoms with Crippen molar-refractivity contribution in [2.45, 2.75) is 31.4 Å². The molecule has 1 aromatic heterocycles. The molecular weight excluding hydrogens is 258 g/mol. The monoisotopic (exact) mass is 275 g/mol. The molecule has 2 heterocycles. The highest BCUT2D eigenvalue weighted by Gasteiger charge is 2.38. The molecule has 2 rings (SSSR count). The van der Waals surface area contributed by atoms with E-state index in [0.29, 0.717) is 23.9 Å². The average molecular weight is 275 g/mol. The third kappa shape index (κ3) is 2.31. The summed E-state index contributed by atoms with van der Waals surface area (Å²) in [7, 11) is -3.41. The van der Waals surface area contributed by atoms with Crippen LogP contribution >= 0.6 is 11.3 Å². The number of sulfonamides is 1. The van der Waals surface area contributed by atoms with Gasteiger partial charge in [-0.2, -0.15) is 4.31 Å². The fourth-order valence-electron chi connectivity index (χ4n) is 2.03. The van der Waals surface area contributed by atoms with Gasteiger partial charge in [-0.15, -0.1) is 0 Å². The van der Waals surface area contributed by atoms with E-state index < -0.39 is 10.0 Å². The highest BCUT2D eigenvalue weighted by atomic mass is 32.2. The lowest BCUT2D eigenvalue weighted by atomic mass is 9.93. The number of rotatable bonds is 2. The second kappa shape index (κ2) is 3.93. The van der Waals surface area contributed by atoms with Crippen molar-refractivity contribution >= 4 is 26.5 Å². The molecule has 1 aromatic rings. The Kier molecular flexibility index (Phi) is 2.95. The summed E-state index contributed by atoms with van der Waals surface area (Å²) in [5.41, 5.74) is 6.10. The van der Waals surface area contributed by atoms with Crippen LogP contribution in [-0.2, 0) is 10.0 Å². The quantitative estimate of drug-likeness (QED) is 0.886. The Morgan fingerprint density at radius 2 is 2.12 bits per heavy atom. The largest absolute Gasteiger partial charge is 0.375 e. The fourth-order valence-corrected chi connectivity index (χ4v) is 5.09. The standard InChI is InChI=1S/C10H17N3O2S2/c1-7-8(16-9(11)12-7)17(14,15)13-5-4-10(2,3)6-13/h4-6H2,1-3H3,(H2,11,12). The van der Waals surface area contributed by atoms with E-state index in [0.717, 1.165) is 17.8 Å². The number of hydrogen-bond acceptors (Lipinski definition) is 5. The van der Waals surface area contributed by atoms with Gasteiger partial charge in [0.05, 0.1) is 5.69 Å². The molecule has 7 heteroatoms. The Morgan fingerprint density at radius 1 is 1.47 bits per heavy atom. The smallest absolute Gasteiger partial charge is 0.254 e. The maximum absolute atomic E-state index is 12.4. The van der Waals surface area contributed by atoms with Gasteiger partial charge in [0.25, 0.3) is 10.0 Å². The lowest BCUT2D eigenvalue weighted by molar-refractivity contribution is 0.376. The molecule has 5 nitrogen and oxygen atoms in total. The normalized spacial score (nSPS) is 20.9. The predicted molar refractivity (Wildman–Crippen MR) is 68.4 cm³/mol. The van der Waals surface area contributed by atoms with Gasteiger partial charge in [0.1, 0.15) is 0 Å². The van der Waals surface area contributed by atoms with Crippen molar-refractivity contribution in [1.82, 2.24) is 9.29 Å². The van der Waals surface area contributed by atoms with Gasteiger partial charge in [0.15, 0.2) is 9.34 Å². The van der Waals surface area contributed by atoms with Crippen molar-refractivity contribution in [3.8, 4) is 0 Å². The van der Waals surface area contributed by atoms with Crippen LogP contribution < -0.4 is 5.73 Å². The number of hydrogen-bond donors (Lipinski definition) is 1. The van der Waals surface area contributed by atoms with Gasteiger partial charge < -0.3 is 5.73 Å². The summed E-state index contributed by atoms with van der Waals surface area (Å²) in [4.78, 5) is 3.98. The first-order chi connectivity index (χ1) is 7.72. The van der Waals surface area contributed by atoms with Crippen LogP contribution in [0.5, 0.6) is 0 Å². The van der Waals surface area contributed by atoms with Crippen LogP contribution in [0.1, 0.15) is 26.0 Å². The summed E-state index contributed by atoms with van der Waals surface area (Å²) in [5, 5.41) is 0.305. The molecule has 1 fully saturated rings. The number of nitrogen functional groups attached to an aromatic ring is 1. The zero-order valence-electron chi connectivity index (χ0n) is 10.2. The molecule has 0 unspecified atom stereocenters. The average Bonchev–Trinajstić information content (AvgIpc) is 2.69. The number of nitrogens with two attached hydrogens (primary N) is 1. The zero-order chi connectivity index (χ0) is 12.8. The lowest BCUT2D eigenvalue weighted by Crippen LogP contribution is -2.30. The van der Waals surface area contributed by atoms with Crippen molar-refractivity contribution in [2.24, 2.45) is 5.41 Å². The summed E-state index contributed by atoms with van der Waals surface area (Å²) >= 11 is 1.05. The van der Waals surface area contributed by atoms with Gasteiger partial charge in [-0.05, 0) is 18.8 Å². The first kappa shape index (κ1) is 12.8. The SMILES string of the molecule is Cc1nc(N)sc1S(=O)(=O)N1CCC(C)(C)C1. The van der Waals surface area contributed by atoms with E-state index in [1.54, 1.807) is 6.92 Å². The van der Waals surface area contributed by atoms with E-state index in [-0.39, 0.29) is 9.62 Å². The Bertz CT molecular complexity index is 534. The molecule has 2 N–H and O–H groups in total. The van der Waals surface area contributed by atoms with E-state index in [1.807, 2.05) is 0 Å². The second-order valence-corrected chi connectivity index (χ2v) is 8.34. The molecule has 0 saturated carbocycles. The first-order valence-electron chi connectivity index (χ1n) is 5.45. The van der Waals surface area contributed by atoms with Crippen molar-refractivity contribution in [3.63, 3.8) is 0 Å². The van der Waals surface area contributed by atoms with Gasteiger partial charge >= 0.3 is 0 Å². The maximum Gasteiger partial charge on any atom is 0.254 e. The summed E-state index contributed by atoms with van der Waals surface area (Å²) in [6.45, 7) is 6.98. The highest BCUT2D eigenvalue weighted by molar-refractivity contribution is 7.91. The van der Waals surface area contributed by atoms with Crippen molar-refractivity contribution in [2.75, 3.05) is 18.8 Å². The zero-order valence-corrected chi connectivity index (χ0v) is 11.9. The van der Waals surface area contributed by atoms with Crippen LogP contribution in [0, 0.1) is 12.3 Å². The van der Waals surface area contributed by atoms with Crippen LogP contribution in [0.25, 0.3) is 0 Å². The molecule has 0 radical (unpaired) electrons. The fraction of sp³-hybridized carbons (Fsp3) is 0.700. The Balaban J connectivity index is 2.35. The summed E-state index contributed by atoms with van der Waals surface area (Å²) in [5.74, 6) is 0. The molecule has 1 saturated heterocycles. The van der Waals surface area contributed by atoms with Gasteiger partial charge in [-0.25, -0.2) is 13.4 Å². The molecule has 0 bridgehead atoms. The van der Waals surface area contributed by atoms with E-state index >= 15 is 0 Å². The Morgan fingerprint density at radius 3 is 2.53 bits per heavy atom. The molecule has 1 aliphatic rings. The summed E-state index contributed by atoms with van der Waals surface area (Å²) < 4.78 is 26.6. The minimum atomic E-state index is -3.41. The molecule has 0 amide bonds. The Hall–Kier alpha value is -0.660. The third-order valence-corrected chi connectivity index (χ3v) is 6.41. The molecule has 0 atom stereocenters. The van der Waals surface area contributed by atoms with E-state index in [4.69, 9.17) is 5.73 Å². The molecule has 0 spiro atoms. The lowest BCUT2D eigenvalue weighted by Gasteiger charge is -2.19. The molecule has 0 aliphatic carbocycles. The van der Waals surface area contributed by atoms with Crippen LogP contribution in [0.3, 0.4) is 0 Å². The number of aromatic nitrogens is 1. The predicted octanol–water partition coefficient (Wildman–Crippen LogP) is 1.45. The number of thiazole rings is 1. The topological polar surface area (TPSA) is 76.3 Å². The van der Waals surface area contributed by atoms with E-state index in [9.17, 15) is 8.42 Å². The summed E-state index contributed by atoms with van der Waals surface area (Å²) in [6.07, 6.45) is 0.888. The van der Waals surface area contributed by atoms with Crippen LogP contribution in [0.4, 0.5) is 5.13 Å². The van der Waals surface area contributed by atoms with E-state index in [2.05, 4.69) is 18.8 Å². The van der Waals surface area contributed by atoms with E-state index in [1.165, 1.54) is 4.31 Å². The molecule has 17 heavy (non-hydrogen) atoms. The van der Waals surface area contributed by atoms with Crippen LogP contribution in [0.2, 0.25) is 0 Å². The molecule has 0 aromatic carbocycles. The number of anilines is 1. The second-order valence-electron chi connectivity index (χ2n) is 5.18. The maximum atomic E-state index is 12.4. The van der Waals surface area contributed by atoms with Crippen LogP contribution in [0.15, 0.2) is 4.21 Å². The van der Waals surface area contributed by atoms with Crippen molar-refractivity contribution in [3.05, 3.63) is 5.69 Å². The minimum absolute atomic E-state index is 0.0528. The molecule has 96 valence electrons. The van der Waals surface area contributed by atoms with Gasteiger partial charge in [0, 0.05) is 13.1 Å². The molecule has 1 aliphatic heterocycles. The third-order valence-electron chi connectivity index (χ3n) is 2.99.